The standard InChI is InChI=1S/C23H37N3O2/c1-4-6-8-9-19-10-12-21(13-11-19)24-23(28)26-17-14-20(15-18-26)22(27)25(3)16-7-5-2/h10-13,20H,4-9,14-18H2,1-3H3,(H,24,28). The Morgan fingerprint density at radius 1 is 1.04 bits per heavy atom. The van der Waals surface area contributed by atoms with Crippen LogP contribution in [0.25, 0.3) is 0 Å². The molecule has 1 saturated heterocycles. The third-order valence-electron chi connectivity index (χ3n) is 5.63. The van der Waals surface area contributed by atoms with Crippen molar-refractivity contribution in [3.63, 3.8) is 0 Å². The van der Waals surface area contributed by atoms with Crippen LogP contribution in [0.5, 0.6) is 0 Å². The molecule has 1 aliphatic rings. The summed E-state index contributed by atoms with van der Waals surface area (Å²) in [5.41, 5.74) is 2.15. The second-order valence-corrected chi connectivity index (χ2v) is 7.96. The first-order valence-corrected chi connectivity index (χ1v) is 10.9. The number of piperidine rings is 1. The number of likely N-dealkylation sites (tertiary alicyclic amines) is 1. The summed E-state index contributed by atoms with van der Waals surface area (Å²) in [5.74, 6) is 0.278. The van der Waals surface area contributed by atoms with Gasteiger partial charge >= 0.3 is 6.03 Å². The average Bonchev–Trinajstić information content (AvgIpc) is 2.73. The maximum atomic E-state index is 12.5. The van der Waals surface area contributed by atoms with Gasteiger partial charge in [-0.15, -0.1) is 0 Å². The molecule has 0 spiro atoms. The number of amides is 3. The Morgan fingerprint density at radius 2 is 1.68 bits per heavy atom. The molecule has 28 heavy (non-hydrogen) atoms. The first kappa shape index (κ1) is 22.3. The lowest BCUT2D eigenvalue weighted by molar-refractivity contribution is -0.135. The Hall–Kier alpha value is -2.04. The van der Waals surface area contributed by atoms with E-state index < -0.39 is 0 Å². The highest BCUT2D eigenvalue weighted by atomic mass is 16.2. The fraction of sp³-hybridized carbons (Fsp3) is 0.652. The maximum absolute atomic E-state index is 12.5. The molecule has 0 aromatic heterocycles. The molecule has 1 N–H and O–H groups in total. The third kappa shape index (κ3) is 6.84. The normalized spacial score (nSPS) is 14.8. The Morgan fingerprint density at radius 3 is 2.29 bits per heavy atom. The molecule has 0 aliphatic carbocycles. The van der Waals surface area contributed by atoms with E-state index in [1.54, 1.807) is 0 Å². The zero-order valence-electron chi connectivity index (χ0n) is 17.9. The molecule has 0 saturated carbocycles. The van der Waals surface area contributed by atoms with Crippen LogP contribution in [0.1, 0.15) is 64.4 Å². The lowest BCUT2D eigenvalue weighted by Gasteiger charge is -2.33. The molecule has 156 valence electrons. The van der Waals surface area contributed by atoms with Gasteiger partial charge < -0.3 is 15.1 Å². The fourth-order valence-electron chi connectivity index (χ4n) is 3.68. The van der Waals surface area contributed by atoms with Crippen LogP contribution in [0, 0.1) is 5.92 Å². The number of benzene rings is 1. The summed E-state index contributed by atoms with van der Waals surface area (Å²) in [6.45, 7) is 6.44. The van der Waals surface area contributed by atoms with Crippen LogP contribution < -0.4 is 5.32 Å². The number of hydrogen-bond donors (Lipinski definition) is 1. The molecule has 1 heterocycles. The van der Waals surface area contributed by atoms with Crippen molar-refractivity contribution in [3.8, 4) is 0 Å². The molecule has 2 rings (SSSR count). The Kier molecular flexibility index (Phi) is 9.32. The molecule has 5 nitrogen and oxygen atoms in total. The quantitative estimate of drug-likeness (QED) is 0.611. The maximum Gasteiger partial charge on any atom is 0.321 e. The molecule has 0 radical (unpaired) electrons. The first-order chi connectivity index (χ1) is 13.5. The number of nitrogens with zero attached hydrogens (tertiary/aromatic N) is 2. The van der Waals surface area contributed by atoms with Crippen LogP contribution >= 0.6 is 0 Å². The fourth-order valence-corrected chi connectivity index (χ4v) is 3.68. The summed E-state index contributed by atoms with van der Waals surface area (Å²) in [6, 6.07) is 8.10. The van der Waals surface area contributed by atoms with Gasteiger partial charge in [0.2, 0.25) is 5.91 Å². The van der Waals surface area contributed by atoms with E-state index in [0.29, 0.717) is 13.1 Å². The van der Waals surface area contributed by atoms with E-state index in [2.05, 4.69) is 31.3 Å². The molecule has 3 amide bonds. The molecule has 1 aliphatic heterocycles. The topological polar surface area (TPSA) is 52.7 Å². The number of unbranched alkanes of at least 4 members (excludes halogenated alkanes) is 3. The zero-order chi connectivity index (χ0) is 20.4. The Bertz CT molecular complexity index is 607. The summed E-state index contributed by atoms with van der Waals surface area (Å²) >= 11 is 0. The molecule has 1 aromatic rings. The number of rotatable bonds is 9. The van der Waals surface area contributed by atoms with Crippen molar-refractivity contribution in [2.24, 2.45) is 5.92 Å². The van der Waals surface area contributed by atoms with Crippen molar-refractivity contribution in [2.45, 2.75) is 65.2 Å². The van der Waals surface area contributed by atoms with Crippen molar-refractivity contribution >= 4 is 17.6 Å². The lowest BCUT2D eigenvalue weighted by Crippen LogP contribution is -2.45. The summed E-state index contributed by atoms with van der Waals surface area (Å²) in [6.07, 6.45) is 8.42. The van der Waals surface area contributed by atoms with Gasteiger partial charge in [0.05, 0.1) is 0 Å². The van der Waals surface area contributed by atoms with Crippen molar-refractivity contribution in [1.29, 1.82) is 0 Å². The van der Waals surface area contributed by atoms with Crippen LogP contribution in [0.15, 0.2) is 24.3 Å². The summed E-state index contributed by atoms with van der Waals surface area (Å²) < 4.78 is 0. The largest absolute Gasteiger partial charge is 0.346 e. The zero-order valence-corrected chi connectivity index (χ0v) is 17.9. The number of carbonyl (C=O) groups excluding carboxylic acids is 2. The molecule has 0 bridgehead atoms. The van der Waals surface area contributed by atoms with Crippen molar-refractivity contribution in [1.82, 2.24) is 9.80 Å². The summed E-state index contributed by atoms with van der Waals surface area (Å²) in [4.78, 5) is 28.7. The molecule has 1 aromatic carbocycles. The van der Waals surface area contributed by atoms with Crippen LogP contribution in [-0.2, 0) is 11.2 Å². The number of anilines is 1. The van der Waals surface area contributed by atoms with Crippen molar-refractivity contribution < 1.29 is 9.59 Å². The average molecular weight is 388 g/mol. The number of aryl methyl sites for hydroxylation is 1. The van der Waals surface area contributed by atoms with Crippen molar-refractivity contribution in [2.75, 3.05) is 32.0 Å². The molecular formula is C23H37N3O2. The molecule has 0 unspecified atom stereocenters. The predicted molar refractivity (Wildman–Crippen MR) is 116 cm³/mol. The Balaban J connectivity index is 1.76. The predicted octanol–water partition coefficient (Wildman–Crippen LogP) is 4.92. The number of nitrogens with one attached hydrogen (secondary N) is 1. The minimum absolute atomic E-state index is 0.0494. The third-order valence-corrected chi connectivity index (χ3v) is 5.63. The highest BCUT2D eigenvalue weighted by Crippen LogP contribution is 2.21. The van der Waals surface area contributed by atoms with Gasteiger partial charge in [-0.25, -0.2) is 4.79 Å². The summed E-state index contributed by atoms with van der Waals surface area (Å²) in [7, 11) is 1.89. The van der Waals surface area contributed by atoms with Gasteiger partial charge in [0.1, 0.15) is 0 Å². The summed E-state index contributed by atoms with van der Waals surface area (Å²) in [5, 5.41) is 2.99. The molecular weight excluding hydrogens is 350 g/mol. The molecule has 1 fully saturated rings. The van der Waals surface area contributed by atoms with Crippen molar-refractivity contribution in [3.05, 3.63) is 29.8 Å². The van der Waals surface area contributed by atoms with E-state index in [-0.39, 0.29) is 17.9 Å². The number of carbonyl (C=O) groups is 2. The first-order valence-electron chi connectivity index (χ1n) is 10.9. The Labute approximate surface area is 170 Å². The van der Waals surface area contributed by atoms with Gasteiger partial charge in [0, 0.05) is 38.3 Å². The second kappa shape index (κ2) is 11.7. The highest BCUT2D eigenvalue weighted by Gasteiger charge is 2.28. The SMILES string of the molecule is CCCCCc1ccc(NC(=O)N2CCC(C(=O)N(C)CCCC)CC2)cc1. The number of urea groups is 1. The van der Waals surface area contributed by atoms with E-state index in [4.69, 9.17) is 0 Å². The lowest BCUT2D eigenvalue weighted by atomic mass is 9.95. The van der Waals surface area contributed by atoms with Gasteiger partial charge in [0.15, 0.2) is 0 Å². The minimum Gasteiger partial charge on any atom is -0.346 e. The van der Waals surface area contributed by atoms with Gasteiger partial charge in [-0.2, -0.15) is 0 Å². The van der Waals surface area contributed by atoms with Gasteiger partial charge in [0.25, 0.3) is 0 Å². The monoisotopic (exact) mass is 387 g/mol. The van der Waals surface area contributed by atoms with Crippen LogP contribution in [0.3, 0.4) is 0 Å². The van der Waals surface area contributed by atoms with Gasteiger partial charge in [-0.05, 0) is 49.8 Å². The van der Waals surface area contributed by atoms with Crippen LogP contribution in [0.2, 0.25) is 0 Å². The van der Waals surface area contributed by atoms with Gasteiger partial charge in [-0.1, -0.05) is 45.2 Å². The van der Waals surface area contributed by atoms with Gasteiger partial charge in [-0.3, -0.25) is 4.79 Å². The second-order valence-electron chi connectivity index (χ2n) is 7.96. The molecule has 0 atom stereocenters. The minimum atomic E-state index is -0.0658. The van der Waals surface area contributed by atoms with E-state index in [0.717, 1.165) is 44.3 Å². The molecule has 5 heteroatoms. The van der Waals surface area contributed by atoms with Crippen LogP contribution in [0.4, 0.5) is 10.5 Å². The number of hydrogen-bond acceptors (Lipinski definition) is 2. The smallest absolute Gasteiger partial charge is 0.321 e. The van der Waals surface area contributed by atoms with E-state index in [1.165, 1.54) is 24.8 Å². The highest BCUT2D eigenvalue weighted by molar-refractivity contribution is 5.89. The van der Waals surface area contributed by atoms with E-state index in [9.17, 15) is 9.59 Å². The van der Waals surface area contributed by atoms with E-state index >= 15 is 0 Å². The van der Waals surface area contributed by atoms with Crippen LogP contribution in [-0.4, -0.2) is 48.4 Å². The van der Waals surface area contributed by atoms with E-state index in [1.807, 2.05) is 29.0 Å².